The van der Waals surface area contributed by atoms with E-state index in [2.05, 4.69) is 10.3 Å². The van der Waals surface area contributed by atoms with Crippen molar-refractivity contribution < 1.29 is 18.0 Å². The number of fused-ring (bicyclic) bond motifs is 1. The van der Waals surface area contributed by atoms with Crippen LogP contribution in [0.3, 0.4) is 0 Å². The van der Waals surface area contributed by atoms with E-state index in [9.17, 15) is 18.0 Å². The lowest BCUT2D eigenvalue weighted by Crippen LogP contribution is -2.32. The van der Waals surface area contributed by atoms with Crippen molar-refractivity contribution in [2.75, 3.05) is 5.32 Å². The van der Waals surface area contributed by atoms with Gasteiger partial charge in [0.05, 0.1) is 11.3 Å². The van der Waals surface area contributed by atoms with Gasteiger partial charge in [-0.15, -0.1) is 0 Å². The quantitative estimate of drug-likeness (QED) is 0.747. The number of nitrogens with one attached hydrogen (secondary N) is 1. The van der Waals surface area contributed by atoms with Gasteiger partial charge in [0.1, 0.15) is 12.0 Å². The highest BCUT2D eigenvalue weighted by Crippen LogP contribution is 2.34. The Morgan fingerprint density at radius 2 is 1.78 bits per heavy atom. The van der Waals surface area contributed by atoms with Crippen LogP contribution in [0.5, 0.6) is 0 Å². The minimum atomic E-state index is -0.990. The molecule has 7 heteroatoms. The molecule has 0 saturated carbocycles. The van der Waals surface area contributed by atoms with Gasteiger partial charge in [-0.3, -0.25) is 9.78 Å². The number of carbonyl (C=O) groups excluding carboxylic acids is 1. The van der Waals surface area contributed by atoms with Gasteiger partial charge in [0, 0.05) is 24.5 Å². The number of hydrogen-bond donors (Lipinski definition) is 1. The van der Waals surface area contributed by atoms with Crippen LogP contribution in [-0.4, -0.2) is 15.8 Å². The van der Waals surface area contributed by atoms with Gasteiger partial charge in [-0.1, -0.05) is 12.1 Å². The van der Waals surface area contributed by atoms with Crippen LogP contribution in [0.15, 0.2) is 60.8 Å². The number of hydrogen-bond acceptors (Lipinski definition) is 3. The van der Waals surface area contributed by atoms with E-state index in [1.54, 1.807) is 30.5 Å². The number of benzene rings is 2. The number of anilines is 1. The Morgan fingerprint density at radius 3 is 2.52 bits per heavy atom. The Hall–Kier alpha value is -3.35. The first-order valence-electron chi connectivity index (χ1n) is 8.25. The molecule has 0 aliphatic carbocycles. The molecule has 1 unspecified atom stereocenters. The molecule has 0 radical (unpaired) electrons. The standard InChI is InChI=1S/C20H14F3N3O/c21-13-5-3-12(4-6-13)11-26-19(18-15(20(26)27)2-1-9-24-18)25-14-7-8-16(22)17(23)10-14/h1-10,19,25H,11H2. The van der Waals surface area contributed by atoms with Crippen LogP contribution in [-0.2, 0) is 6.54 Å². The predicted octanol–water partition coefficient (Wildman–Crippen LogP) is 4.27. The van der Waals surface area contributed by atoms with Gasteiger partial charge in [0.2, 0.25) is 0 Å². The highest BCUT2D eigenvalue weighted by Gasteiger charge is 2.37. The van der Waals surface area contributed by atoms with Gasteiger partial charge in [-0.2, -0.15) is 0 Å². The van der Waals surface area contributed by atoms with Crippen LogP contribution in [0.4, 0.5) is 18.9 Å². The number of amides is 1. The summed E-state index contributed by atoms with van der Waals surface area (Å²) in [5.41, 5.74) is 1.97. The Morgan fingerprint density at radius 1 is 1.00 bits per heavy atom. The number of aromatic nitrogens is 1. The Labute approximate surface area is 153 Å². The van der Waals surface area contributed by atoms with Gasteiger partial charge >= 0.3 is 0 Å². The van der Waals surface area contributed by atoms with Crippen molar-refractivity contribution in [3.8, 4) is 0 Å². The molecule has 0 fully saturated rings. The average Bonchev–Trinajstić information content (AvgIpc) is 2.92. The molecule has 136 valence electrons. The zero-order valence-corrected chi connectivity index (χ0v) is 14.0. The third-order valence-electron chi connectivity index (χ3n) is 4.39. The van der Waals surface area contributed by atoms with Crippen molar-refractivity contribution in [3.63, 3.8) is 0 Å². The summed E-state index contributed by atoms with van der Waals surface area (Å²) >= 11 is 0. The molecule has 4 nitrogen and oxygen atoms in total. The van der Waals surface area contributed by atoms with Crippen LogP contribution in [0.1, 0.15) is 27.8 Å². The third kappa shape index (κ3) is 3.23. The Kier molecular flexibility index (Phi) is 4.27. The zero-order chi connectivity index (χ0) is 19.0. The van der Waals surface area contributed by atoms with Crippen molar-refractivity contribution in [1.29, 1.82) is 0 Å². The highest BCUT2D eigenvalue weighted by molar-refractivity contribution is 5.98. The summed E-state index contributed by atoms with van der Waals surface area (Å²) in [5, 5.41) is 3.04. The molecule has 2 aromatic carbocycles. The molecule has 1 amide bonds. The maximum Gasteiger partial charge on any atom is 0.258 e. The average molecular weight is 369 g/mol. The number of carbonyl (C=O) groups is 1. The molecular formula is C20H14F3N3O. The SMILES string of the molecule is O=C1c2cccnc2C(Nc2ccc(F)c(F)c2)N1Cc1ccc(F)cc1. The molecule has 1 aliphatic rings. The van der Waals surface area contributed by atoms with E-state index >= 15 is 0 Å². The highest BCUT2D eigenvalue weighted by atomic mass is 19.2. The minimum absolute atomic E-state index is 0.205. The lowest BCUT2D eigenvalue weighted by Gasteiger charge is -2.26. The molecule has 2 heterocycles. The molecule has 0 bridgehead atoms. The first-order chi connectivity index (χ1) is 13.0. The molecule has 1 aliphatic heterocycles. The molecule has 3 aromatic rings. The number of rotatable bonds is 4. The van der Waals surface area contributed by atoms with Crippen molar-refractivity contribution in [2.24, 2.45) is 0 Å². The van der Waals surface area contributed by atoms with Crippen LogP contribution in [0.25, 0.3) is 0 Å². The van der Waals surface area contributed by atoms with E-state index in [-0.39, 0.29) is 18.3 Å². The Balaban J connectivity index is 1.68. The number of halogens is 3. The monoisotopic (exact) mass is 369 g/mol. The second-order valence-corrected chi connectivity index (χ2v) is 6.17. The van der Waals surface area contributed by atoms with Crippen LogP contribution in [0.2, 0.25) is 0 Å². The molecule has 1 aromatic heterocycles. The molecular weight excluding hydrogens is 355 g/mol. The van der Waals surface area contributed by atoms with E-state index in [1.165, 1.54) is 23.1 Å². The van der Waals surface area contributed by atoms with Crippen LogP contribution >= 0.6 is 0 Å². The first-order valence-corrected chi connectivity index (χ1v) is 8.25. The molecule has 1 atom stereocenters. The van der Waals surface area contributed by atoms with Gasteiger partial charge < -0.3 is 10.2 Å². The summed E-state index contributed by atoms with van der Waals surface area (Å²) in [7, 11) is 0. The summed E-state index contributed by atoms with van der Waals surface area (Å²) in [4.78, 5) is 18.6. The van der Waals surface area contributed by atoms with E-state index in [0.29, 0.717) is 16.9 Å². The first kappa shape index (κ1) is 17.1. The van der Waals surface area contributed by atoms with Crippen molar-refractivity contribution in [3.05, 3.63) is 95.1 Å². The zero-order valence-electron chi connectivity index (χ0n) is 14.0. The second kappa shape index (κ2) is 6.75. The summed E-state index contributed by atoms with van der Waals surface area (Å²) in [6.07, 6.45) is 0.900. The molecule has 4 rings (SSSR count). The molecule has 27 heavy (non-hydrogen) atoms. The van der Waals surface area contributed by atoms with Crippen molar-refractivity contribution in [1.82, 2.24) is 9.88 Å². The maximum absolute atomic E-state index is 13.6. The smallest absolute Gasteiger partial charge is 0.258 e. The topological polar surface area (TPSA) is 45.2 Å². The van der Waals surface area contributed by atoms with Crippen molar-refractivity contribution in [2.45, 2.75) is 12.7 Å². The summed E-state index contributed by atoms with van der Waals surface area (Å²) < 4.78 is 39.9. The summed E-state index contributed by atoms with van der Waals surface area (Å²) in [6.45, 7) is 0.205. The van der Waals surface area contributed by atoms with Crippen LogP contribution < -0.4 is 5.32 Å². The fourth-order valence-electron chi connectivity index (χ4n) is 3.08. The lowest BCUT2D eigenvalue weighted by atomic mass is 10.2. The minimum Gasteiger partial charge on any atom is -0.360 e. The molecule has 0 saturated heterocycles. The second-order valence-electron chi connectivity index (χ2n) is 6.17. The Bertz CT molecular complexity index is 1010. The van der Waals surface area contributed by atoms with Gasteiger partial charge in [-0.05, 0) is 42.0 Å². The largest absolute Gasteiger partial charge is 0.360 e. The van der Waals surface area contributed by atoms with Crippen molar-refractivity contribution >= 4 is 11.6 Å². The van der Waals surface area contributed by atoms with Gasteiger partial charge in [0.25, 0.3) is 5.91 Å². The maximum atomic E-state index is 13.6. The fraction of sp³-hybridized carbons (Fsp3) is 0.100. The van der Waals surface area contributed by atoms with E-state index in [0.717, 1.165) is 17.7 Å². The summed E-state index contributed by atoms with van der Waals surface area (Å²) in [6, 6.07) is 12.6. The number of pyridine rings is 1. The van der Waals surface area contributed by atoms with E-state index in [1.807, 2.05) is 0 Å². The molecule has 0 spiro atoms. The van der Waals surface area contributed by atoms with Crippen LogP contribution in [0, 0.1) is 17.5 Å². The third-order valence-corrected chi connectivity index (χ3v) is 4.39. The normalized spacial score (nSPS) is 15.7. The van der Waals surface area contributed by atoms with Gasteiger partial charge in [0.15, 0.2) is 11.6 Å². The fourth-order valence-corrected chi connectivity index (χ4v) is 3.08. The predicted molar refractivity (Wildman–Crippen MR) is 93.2 cm³/mol. The summed E-state index contributed by atoms with van der Waals surface area (Å²) in [5.74, 6) is -2.56. The van der Waals surface area contributed by atoms with E-state index in [4.69, 9.17) is 0 Å². The van der Waals surface area contributed by atoms with Gasteiger partial charge in [-0.25, -0.2) is 13.2 Å². The van der Waals surface area contributed by atoms with E-state index < -0.39 is 17.8 Å². The number of nitrogens with zero attached hydrogens (tertiary/aromatic N) is 2. The molecule has 1 N–H and O–H groups in total. The lowest BCUT2D eigenvalue weighted by molar-refractivity contribution is 0.0727.